The summed E-state index contributed by atoms with van der Waals surface area (Å²) in [6.45, 7) is 8.71. The molecule has 2 atom stereocenters. The van der Waals surface area contributed by atoms with E-state index in [-0.39, 0.29) is 17.9 Å². The molecule has 0 aromatic heterocycles. The van der Waals surface area contributed by atoms with Crippen LogP contribution in [-0.4, -0.2) is 75.9 Å². The van der Waals surface area contributed by atoms with E-state index in [1.807, 2.05) is 14.0 Å². The lowest BCUT2D eigenvalue weighted by atomic mass is 10.0. The monoisotopic (exact) mass is 482 g/mol. The minimum atomic E-state index is -0.0858. The molecular formula is C26H34N4O3S. The van der Waals surface area contributed by atoms with E-state index in [4.69, 9.17) is 22.1 Å². The highest BCUT2D eigenvalue weighted by molar-refractivity contribution is 7.80. The van der Waals surface area contributed by atoms with Crippen LogP contribution in [0, 0.1) is 5.92 Å². The Morgan fingerprint density at radius 3 is 2.44 bits per heavy atom. The number of hydrogen-bond acceptors (Lipinski definition) is 7. The number of piperazine rings is 1. The van der Waals surface area contributed by atoms with Gasteiger partial charge in [0.1, 0.15) is 11.9 Å². The highest BCUT2D eigenvalue weighted by Gasteiger charge is 2.30. The second-order valence-electron chi connectivity index (χ2n) is 9.47. The second kappa shape index (κ2) is 10.1. The first-order valence-electron chi connectivity index (χ1n) is 12.2. The molecule has 0 bridgehead atoms. The zero-order valence-electron chi connectivity index (χ0n) is 19.9. The molecular weight excluding hydrogens is 448 g/mol. The standard InChI is InChI=1S/C26H34N4O3S/c1-17(20-13-25(31)28-14-20)33-24-12-19(11-23(27-2)26(24)34)18-3-5-21(6-4-18)29-7-9-30(10-8-29)22-15-32-16-22/h3-6,11-12,17,20,22,27,34H,7-10,13-16H2,1-2H3,(H,28,31)/t17-,20-/m0/s1. The first-order chi connectivity index (χ1) is 16.5. The fourth-order valence-electron chi connectivity index (χ4n) is 4.95. The molecule has 3 aliphatic rings. The summed E-state index contributed by atoms with van der Waals surface area (Å²) in [5.74, 6) is 0.991. The van der Waals surface area contributed by atoms with Gasteiger partial charge in [0.15, 0.2) is 0 Å². The van der Waals surface area contributed by atoms with Gasteiger partial charge in [-0.25, -0.2) is 0 Å². The Labute approximate surface area is 207 Å². The van der Waals surface area contributed by atoms with Crippen molar-refractivity contribution in [3.8, 4) is 16.9 Å². The fourth-order valence-corrected chi connectivity index (χ4v) is 5.25. The third-order valence-corrected chi connectivity index (χ3v) is 7.81. The van der Waals surface area contributed by atoms with Crippen LogP contribution in [0.25, 0.3) is 11.1 Å². The van der Waals surface area contributed by atoms with E-state index in [0.717, 1.165) is 66.9 Å². The summed E-state index contributed by atoms with van der Waals surface area (Å²) in [7, 11) is 1.89. The Morgan fingerprint density at radius 1 is 1.12 bits per heavy atom. The van der Waals surface area contributed by atoms with Gasteiger partial charge in [-0.05, 0) is 42.3 Å². The predicted molar refractivity (Wildman–Crippen MR) is 138 cm³/mol. The van der Waals surface area contributed by atoms with E-state index < -0.39 is 0 Å². The molecule has 0 spiro atoms. The maximum Gasteiger partial charge on any atom is 0.220 e. The molecule has 1 amide bonds. The molecule has 34 heavy (non-hydrogen) atoms. The zero-order chi connectivity index (χ0) is 23.7. The van der Waals surface area contributed by atoms with Crippen molar-refractivity contribution in [3.63, 3.8) is 0 Å². The van der Waals surface area contributed by atoms with Gasteiger partial charge >= 0.3 is 0 Å². The van der Waals surface area contributed by atoms with Crippen LogP contribution in [0.3, 0.4) is 0 Å². The van der Waals surface area contributed by atoms with Crippen molar-refractivity contribution in [2.24, 2.45) is 5.92 Å². The summed E-state index contributed by atoms with van der Waals surface area (Å²) in [4.78, 5) is 17.4. The van der Waals surface area contributed by atoms with Crippen LogP contribution in [0.4, 0.5) is 11.4 Å². The Kier molecular flexibility index (Phi) is 6.90. The van der Waals surface area contributed by atoms with Gasteiger partial charge in [0.05, 0.1) is 29.8 Å². The molecule has 2 aromatic carbocycles. The van der Waals surface area contributed by atoms with E-state index >= 15 is 0 Å². The summed E-state index contributed by atoms with van der Waals surface area (Å²) in [5.41, 5.74) is 4.39. The number of thiol groups is 1. The number of rotatable bonds is 7. The van der Waals surface area contributed by atoms with Crippen molar-refractivity contribution in [1.29, 1.82) is 0 Å². The van der Waals surface area contributed by atoms with Gasteiger partial charge in [-0.1, -0.05) is 12.1 Å². The average molecular weight is 483 g/mol. The molecule has 3 heterocycles. The molecule has 0 radical (unpaired) electrons. The minimum Gasteiger partial charge on any atom is -0.489 e. The number of carbonyl (C=O) groups excluding carboxylic acids is 1. The third-order valence-electron chi connectivity index (χ3n) is 7.35. The number of benzene rings is 2. The van der Waals surface area contributed by atoms with Crippen molar-refractivity contribution in [1.82, 2.24) is 10.2 Å². The van der Waals surface area contributed by atoms with Crippen molar-refractivity contribution in [2.75, 3.05) is 63.2 Å². The number of carbonyl (C=O) groups is 1. The van der Waals surface area contributed by atoms with Crippen LogP contribution in [0.2, 0.25) is 0 Å². The molecule has 0 saturated carbocycles. The SMILES string of the molecule is CNc1cc(-c2ccc(N3CCN(C4COC4)CC3)cc2)cc(O[C@@H](C)[C@@H]2CNC(=O)C2)c1S. The van der Waals surface area contributed by atoms with Gasteiger partial charge in [0.2, 0.25) is 5.91 Å². The number of hydrogen-bond donors (Lipinski definition) is 3. The largest absolute Gasteiger partial charge is 0.489 e. The van der Waals surface area contributed by atoms with Crippen molar-refractivity contribution < 1.29 is 14.3 Å². The van der Waals surface area contributed by atoms with E-state index in [9.17, 15) is 4.79 Å². The Hall–Kier alpha value is -2.42. The molecule has 182 valence electrons. The molecule has 0 aliphatic carbocycles. The quantitative estimate of drug-likeness (QED) is 0.527. The van der Waals surface area contributed by atoms with E-state index in [1.54, 1.807) is 0 Å². The molecule has 3 aliphatic heterocycles. The lowest BCUT2D eigenvalue weighted by Crippen LogP contribution is -2.56. The van der Waals surface area contributed by atoms with Crippen LogP contribution in [0.5, 0.6) is 5.75 Å². The summed E-state index contributed by atoms with van der Waals surface area (Å²) in [5, 5.41) is 6.13. The van der Waals surface area contributed by atoms with Gasteiger partial charge in [-0.3, -0.25) is 9.69 Å². The van der Waals surface area contributed by atoms with E-state index in [0.29, 0.717) is 19.0 Å². The predicted octanol–water partition coefficient (Wildman–Crippen LogP) is 3.11. The fraction of sp³-hybridized carbons (Fsp3) is 0.500. The van der Waals surface area contributed by atoms with Crippen LogP contribution in [0.15, 0.2) is 41.3 Å². The topological polar surface area (TPSA) is 66.1 Å². The molecule has 0 unspecified atom stereocenters. The maximum atomic E-state index is 11.6. The summed E-state index contributed by atoms with van der Waals surface area (Å²) in [6.07, 6.45) is 0.420. The van der Waals surface area contributed by atoms with E-state index in [1.165, 1.54) is 5.69 Å². The lowest BCUT2D eigenvalue weighted by Gasteiger charge is -2.43. The van der Waals surface area contributed by atoms with Gasteiger partial charge in [-0.2, -0.15) is 0 Å². The van der Waals surface area contributed by atoms with Gasteiger partial charge in [-0.15, -0.1) is 12.6 Å². The van der Waals surface area contributed by atoms with E-state index in [2.05, 4.69) is 56.8 Å². The minimum absolute atomic E-state index is 0.0858. The highest BCUT2D eigenvalue weighted by Crippen LogP contribution is 2.38. The van der Waals surface area contributed by atoms with Gasteiger partial charge in [0, 0.05) is 57.8 Å². The third kappa shape index (κ3) is 4.85. The number of nitrogens with zero attached hydrogens (tertiary/aromatic N) is 2. The zero-order valence-corrected chi connectivity index (χ0v) is 20.8. The molecule has 7 nitrogen and oxygen atoms in total. The van der Waals surface area contributed by atoms with Crippen LogP contribution in [-0.2, 0) is 9.53 Å². The summed E-state index contributed by atoms with van der Waals surface area (Å²) >= 11 is 4.72. The van der Waals surface area contributed by atoms with Crippen LogP contribution in [0.1, 0.15) is 13.3 Å². The maximum absolute atomic E-state index is 11.6. The number of amides is 1. The molecule has 2 aromatic rings. The van der Waals surface area contributed by atoms with Crippen LogP contribution < -0.4 is 20.3 Å². The molecule has 8 heteroatoms. The first kappa shape index (κ1) is 23.3. The number of anilines is 2. The number of ether oxygens (including phenoxy) is 2. The molecule has 3 saturated heterocycles. The van der Waals surface area contributed by atoms with Crippen LogP contribution >= 0.6 is 12.6 Å². The number of nitrogens with one attached hydrogen (secondary N) is 2. The Balaban J connectivity index is 1.30. The lowest BCUT2D eigenvalue weighted by molar-refractivity contribution is -0.119. The van der Waals surface area contributed by atoms with Gasteiger partial charge < -0.3 is 25.0 Å². The molecule has 2 N–H and O–H groups in total. The Bertz CT molecular complexity index is 1020. The second-order valence-corrected chi connectivity index (χ2v) is 9.92. The molecule has 3 fully saturated rings. The van der Waals surface area contributed by atoms with Crippen molar-refractivity contribution in [2.45, 2.75) is 30.4 Å². The Morgan fingerprint density at radius 2 is 1.85 bits per heavy atom. The van der Waals surface area contributed by atoms with Gasteiger partial charge in [0.25, 0.3) is 0 Å². The summed E-state index contributed by atoms with van der Waals surface area (Å²) in [6, 6.07) is 13.6. The smallest absolute Gasteiger partial charge is 0.220 e. The molecule has 5 rings (SSSR count). The highest BCUT2D eigenvalue weighted by atomic mass is 32.1. The van der Waals surface area contributed by atoms with Crippen molar-refractivity contribution >= 4 is 29.9 Å². The normalized spacial score (nSPS) is 22.3. The van der Waals surface area contributed by atoms with Crippen molar-refractivity contribution in [3.05, 3.63) is 36.4 Å². The average Bonchev–Trinajstić information content (AvgIpc) is 3.26. The first-order valence-corrected chi connectivity index (χ1v) is 12.6. The summed E-state index contributed by atoms with van der Waals surface area (Å²) < 4.78 is 11.7.